The maximum atomic E-state index is 4.74. The molecular formula is C15H24N6. The lowest BCUT2D eigenvalue weighted by Gasteiger charge is -2.38. The Labute approximate surface area is 125 Å². The van der Waals surface area contributed by atoms with Gasteiger partial charge in [0.15, 0.2) is 5.65 Å². The smallest absolute Gasteiger partial charge is 0.226 e. The molecule has 0 aliphatic carbocycles. The second kappa shape index (κ2) is 5.50. The van der Waals surface area contributed by atoms with Gasteiger partial charge in [0.05, 0.1) is 11.6 Å². The highest BCUT2D eigenvalue weighted by atomic mass is 15.3. The minimum absolute atomic E-state index is 0.330. The van der Waals surface area contributed by atoms with Crippen LogP contribution in [0.25, 0.3) is 11.0 Å². The number of nitrogens with one attached hydrogen (secondary N) is 2. The number of hydrogen-bond acceptors (Lipinski definition) is 5. The van der Waals surface area contributed by atoms with E-state index in [0.29, 0.717) is 11.4 Å². The van der Waals surface area contributed by atoms with Crippen LogP contribution in [0.2, 0.25) is 0 Å². The number of fused-ring (bicyclic) bond motifs is 1. The first-order valence-electron chi connectivity index (χ1n) is 7.79. The highest BCUT2D eigenvalue weighted by Crippen LogP contribution is 2.33. The van der Waals surface area contributed by atoms with Crippen LogP contribution in [0.4, 0.5) is 11.8 Å². The van der Waals surface area contributed by atoms with Gasteiger partial charge in [-0.15, -0.1) is 0 Å². The number of piperidine rings is 1. The number of aromatic amines is 1. The summed E-state index contributed by atoms with van der Waals surface area (Å²) < 4.78 is 0. The first-order chi connectivity index (χ1) is 10.1. The molecule has 0 amide bonds. The molecule has 0 spiro atoms. The summed E-state index contributed by atoms with van der Waals surface area (Å²) in [6.07, 6.45) is 5.35. The van der Waals surface area contributed by atoms with Gasteiger partial charge in [-0.05, 0) is 24.7 Å². The zero-order valence-corrected chi connectivity index (χ0v) is 13.1. The molecule has 0 radical (unpaired) electrons. The molecule has 0 unspecified atom stereocenters. The van der Waals surface area contributed by atoms with Crippen molar-refractivity contribution in [3.8, 4) is 0 Å². The second-order valence-corrected chi connectivity index (χ2v) is 6.62. The van der Waals surface area contributed by atoms with E-state index in [1.807, 2.05) is 6.20 Å². The van der Waals surface area contributed by atoms with Crippen molar-refractivity contribution in [1.82, 2.24) is 20.2 Å². The fourth-order valence-electron chi connectivity index (χ4n) is 2.98. The normalized spacial score (nSPS) is 18.1. The van der Waals surface area contributed by atoms with Crippen LogP contribution in [-0.2, 0) is 0 Å². The second-order valence-electron chi connectivity index (χ2n) is 6.62. The van der Waals surface area contributed by atoms with E-state index in [4.69, 9.17) is 4.98 Å². The summed E-state index contributed by atoms with van der Waals surface area (Å²) in [4.78, 5) is 11.6. The van der Waals surface area contributed by atoms with Crippen molar-refractivity contribution >= 4 is 22.8 Å². The summed E-state index contributed by atoms with van der Waals surface area (Å²) in [5.74, 6) is 1.69. The number of H-pyrrole nitrogens is 1. The molecule has 0 bridgehead atoms. The van der Waals surface area contributed by atoms with Gasteiger partial charge in [-0.2, -0.15) is 15.1 Å². The van der Waals surface area contributed by atoms with Gasteiger partial charge in [0.2, 0.25) is 5.95 Å². The molecule has 0 aromatic carbocycles. The molecule has 2 aromatic heterocycles. The van der Waals surface area contributed by atoms with E-state index in [1.165, 1.54) is 12.8 Å². The van der Waals surface area contributed by atoms with E-state index in [-0.39, 0.29) is 0 Å². The summed E-state index contributed by atoms with van der Waals surface area (Å²) in [5, 5.41) is 11.4. The maximum absolute atomic E-state index is 4.74. The molecule has 1 aliphatic heterocycles. The Hall–Kier alpha value is -1.85. The Morgan fingerprint density at radius 1 is 1.38 bits per heavy atom. The lowest BCUT2D eigenvalue weighted by atomic mass is 9.84. The van der Waals surface area contributed by atoms with Gasteiger partial charge in [0.1, 0.15) is 5.82 Å². The summed E-state index contributed by atoms with van der Waals surface area (Å²) in [6, 6.07) is 0. The van der Waals surface area contributed by atoms with Crippen molar-refractivity contribution in [2.45, 2.75) is 40.0 Å². The molecule has 0 atom stereocenters. The lowest BCUT2D eigenvalue weighted by molar-refractivity contribution is 0.292. The van der Waals surface area contributed by atoms with Crippen molar-refractivity contribution in [3.63, 3.8) is 0 Å². The van der Waals surface area contributed by atoms with Gasteiger partial charge in [-0.25, -0.2) is 0 Å². The van der Waals surface area contributed by atoms with Crippen LogP contribution in [0, 0.1) is 5.41 Å². The summed E-state index contributed by atoms with van der Waals surface area (Å²) in [6.45, 7) is 9.73. The molecule has 6 nitrogen and oxygen atoms in total. The third-order valence-electron chi connectivity index (χ3n) is 4.02. The molecule has 0 saturated carbocycles. The molecule has 1 saturated heterocycles. The van der Waals surface area contributed by atoms with E-state index in [2.05, 4.69) is 46.2 Å². The quantitative estimate of drug-likeness (QED) is 0.905. The molecular weight excluding hydrogens is 264 g/mol. The minimum Gasteiger partial charge on any atom is -0.355 e. The Balaban J connectivity index is 1.97. The van der Waals surface area contributed by atoms with Crippen molar-refractivity contribution in [2.24, 2.45) is 5.41 Å². The van der Waals surface area contributed by atoms with Crippen LogP contribution in [0.3, 0.4) is 0 Å². The minimum atomic E-state index is 0.330. The van der Waals surface area contributed by atoms with Gasteiger partial charge >= 0.3 is 0 Å². The zero-order valence-electron chi connectivity index (χ0n) is 13.1. The summed E-state index contributed by atoms with van der Waals surface area (Å²) in [5.41, 5.74) is 1.14. The standard InChI is InChI=1S/C15H24N6/c1-4-7-16-14-18-12-11(9-17-20-12)13(19-14)21-8-5-6-15(2,3)10-21/h9H,4-8,10H2,1-3H3,(H2,16,17,18,19,20). The van der Waals surface area contributed by atoms with Crippen LogP contribution in [0.15, 0.2) is 6.20 Å². The first-order valence-corrected chi connectivity index (χ1v) is 7.79. The topological polar surface area (TPSA) is 69.7 Å². The highest BCUT2D eigenvalue weighted by Gasteiger charge is 2.28. The number of aromatic nitrogens is 4. The Morgan fingerprint density at radius 2 is 2.24 bits per heavy atom. The molecule has 2 N–H and O–H groups in total. The molecule has 1 fully saturated rings. The van der Waals surface area contributed by atoms with Gasteiger partial charge in [-0.1, -0.05) is 20.8 Å². The van der Waals surface area contributed by atoms with Crippen LogP contribution >= 0.6 is 0 Å². The van der Waals surface area contributed by atoms with E-state index in [9.17, 15) is 0 Å². The first kappa shape index (κ1) is 14.1. The SMILES string of the molecule is CCCNc1nc(N2CCCC(C)(C)C2)c2cn[nH]c2n1. The molecule has 6 heteroatoms. The monoisotopic (exact) mass is 288 g/mol. The van der Waals surface area contributed by atoms with Crippen molar-refractivity contribution in [3.05, 3.63) is 6.20 Å². The van der Waals surface area contributed by atoms with E-state index >= 15 is 0 Å². The predicted molar refractivity (Wildman–Crippen MR) is 85.7 cm³/mol. The molecule has 114 valence electrons. The third-order valence-corrected chi connectivity index (χ3v) is 4.02. The van der Waals surface area contributed by atoms with E-state index < -0.39 is 0 Å². The molecule has 3 rings (SSSR count). The Morgan fingerprint density at radius 3 is 3.00 bits per heavy atom. The molecule has 3 heterocycles. The average Bonchev–Trinajstić information content (AvgIpc) is 2.91. The number of nitrogens with zero attached hydrogens (tertiary/aromatic N) is 4. The van der Waals surface area contributed by atoms with Crippen molar-refractivity contribution in [2.75, 3.05) is 29.9 Å². The Kier molecular flexibility index (Phi) is 3.69. The molecule has 1 aliphatic rings. The fraction of sp³-hybridized carbons (Fsp3) is 0.667. The Bertz CT molecular complexity index is 618. The fourth-order valence-corrected chi connectivity index (χ4v) is 2.98. The third kappa shape index (κ3) is 2.94. The zero-order chi connectivity index (χ0) is 14.9. The van der Waals surface area contributed by atoms with Crippen LogP contribution in [-0.4, -0.2) is 39.8 Å². The van der Waals surface area contributed by atoms with Gasteiger partial charge in [0, 0.05) is 19.6 Å². The average molecular weight is 288 g/mol. The largest absolute Gasteiger partial charge is 0.355 e. The number of hydrogen-bond donors (Lipinski definition) is 2. The van der Waals surface area contributed by atoms with E-state index in [1.54, 1.807) is 0 Å². The van der Waals surface area contributed by atoms with Gasteiger partial charge in [0.25, 0.3) is 0 Å². The van der Waals surface area contributed by atoms with Crippen LogP contribution in [0.5, 0.6) is 0 Å². The maximum Gasteiger partial charge on any atom is 0.226 e. The van der Waals surface area contributed by atoms with Gasteiger partial charge in [-0.3, -0.25) is 5.10 Å². The lowest BCUT2D eigenvalue weighted by Crippen LogP contribution is -2.40. The predicted octanol–water partition coefficient (Wildman–Crippen LogP) is 2.80. The molecule has 21 heavy (non-hydrogen) atoms. The van der Waals surface area contributed by atoms with Crippen molar-refractivity contribution in [1.29, 1.82) is 0 Å². The summed E-state index contributed by atoms with van der Waals surface area (Å²) >= 11 is 0. The highest BCUT2D eigenvalue weighted by molar-refractivity contribution is 5.87. The van der Waals surface area contributed by atoms with Crippen molar-refractivity contribution < 1.29 is 0 Å². The molecule has 2 aromatic rings. The van der Waals surface area contributed by atoms with Crippen LogP contribution in [0.1, 0.15) is 40.0 Å². The van der Waals surface area contributed by atoms with Crippen LogP contribution < -0.4 is 10.2 Å². The van der Waals surface area contributed by atoms with E-state index in [0.717, 1.165) is 42.9 Å². The van der Waals surface area contributed by atoms with Gasteiger partial charge < -0.3 is 10.2 Å². The summed E-state index contributed by atoms with van der Waals surface area (Å²) in [7, 11) is 0. The number of anilines is 2. The number of rotatable bonds is 4.